The monoisotopic (exact) mass is 336 g/mol. The van der Waals surface area contributed by atoms with Crippen LogP contribution in [0.5, 0.6) is 5.75 Å². The topological polar surface area (TPSA) is 38.0 Å². The summed E-state index contributed by atoms with van der Waals surface area (Å²) < 4.78 is 2.07. The largest absolute Gasteiger partial charge is 0.507 e. The number of imidazole rings is 1. The first-order valence-electron chi connectivity index (χ1n) is 8.80. The van der Waals surface area contributed by atoms with Crippen molar-refractivity contribution >= 4 is 11.0 Å². The van der Waals surface area contributed by atoms with E-state index in [1.165, 1.54) is 0 Å². The minimum atomic E-state index is -0.105. The number of aromatic nitrogens is 2. The van der Waals surface area contributed by atoms with Gasteiger partial charge in [-0.05, 0) is 40.2 Å². The Kier molecular flexibility index (Phi) is 3.94. The third kappa shape index (κ3) is 3.04. The van der Waals surface area contributed by atoms with Crippen molar-refractivity contribution in [3.05, 3.63) is 47.5 Å². The van der Waals surface area contributed by atoms with Crippen LogP contribution in [0.1, 0.15) is 52.7 Å². The number of aryl methyl sites for hydroxylation is 1. The Balaban J connectivity index is 2.36. The third-order valence-electron chi connectivity index (χ3n) is 4.80. The molecule has 1 N–H and O–H groups in total. The van der Waals surface area contributed by atoms with Gasteiger partial charge in [0.15, 0.2) is 0 Å². The molecule has 0 aliphatic heterocycles. The zero-order valence-corrected chi connectivity index (χ0v) is 16.3. The van der Waals surface area contributed by atoms with Gasteiger partial charge in [-0.3, -0.25) is 0 Å². The molecule has 132 valence electrons. The Bertz CT molecular complexity index is 937. The van der Waals surface area contributed by atoms with Crippen molar-refractivity contribution in [1.82, 2.24) is 9.55 Å². The second kappa shape index (κ2) is 5.62. The Hall–Kier alpha value is -2.29. The molecule has 1 heterocycles. The van der Waals surface area contributed by atoms with Gasteiger partial charge >= 0.3 is 0 Å². The van der Waals surface area contributed by atoms with Crippen molar-refractivity contribution in [2.75, 3.05) is 0 Å². The van der Waals surface area contributed by atoms with E-state index >= 15 is 0 Å². The van der Waals surface area contributed by atoms with Crippen LogP contribution in [0.15, 0.2) is 36.4 Å². The molecule has 0 atom stereocenters. The summed E-state index contributed by atoms with van der Waals surface area (Å²) in [5, 5.41) is 10.9. The summed E-state index contributed by atoms with van der Waals surface area (Å²) in [6.45, 7) is 13.1. The van der Waals surface area contributed by atoms with Gasteiger partial charge in [0.05, 0.1) is 16.6 Å². The van der Waals surface area contributed by atoms with E-state index in [0.717, 1.165) is 33.5 Å². The fourth-order valence-electron chi connectivity index (χ4n) is 3.26. The van der Waals surface area contributed by atoms with Gasteiger partial charge in [-0.25, -0.2) is 4.98 Å². The molecular weight excluding hydrogens is 308 g/mol. The van der Waals surface area contributed by atoms with Gasteiger partial charge in [-0.2, -0.15) is 0 Å². The third-order valence-corrected chi connectivity index (χ3v) is 4.80. The maximum Gasteiger partial charge on any atom is 0.144 e. The van der Waals surface area contributed by atoms with Crippen LogP contribution in [0.4, 0.5) is 0 Å². The molecule has 3 heteroatoms. The molecule has 0 aliphatic rings. The standard InChI is InChI=1S/C22H28N2O/c1-21(2,3)14-12-15(22(4,5)6)19(18(25)13-14)20-23-16-10-8-9-11-17(16)24(20)7/h8-13,25H,1-7H3. The molecule has 0 radical (unpaired) electrons. The van der Waals surface area contributed by atoms with Gasteiger partial charge in [0.2, 0.25) is 0 Å². The first kappa shape index (κ1) is 17.5. The summed E-state index contributed by atoms with van der Waals surface area (Å²) in [6.07, 6.45) is 0. The van der Waals surface area contributed by atoms with Gasteiger partial charge < -0.3 is 9.67 Å². The van der Waals surface area contributed by atoms with Crippen LogP contribution in [-0.4, -0.2) is 14.7 Å². The summed E-state index contributed by atoms with van der Waals surface area (Å²) in [5.74, 6) is 1.11. The Labute approximate surface area is 150 Å². The predicted octanol–water partition coefficient (Wildman–Crippen LogP) is 5.54. The maximum atomic E-state index is 10.9. The number of fused-ring (bicyclic) bond motifs is 1. The number of para-hydroxylation sites is 2. The van der Waals surface area contributed by atoms with Crippen LogP contribution in [0.3, 0.4) is 0 Å². The van der Waals surface area contributed by atoms with Gasteiger partial charge in [0.1, 0.15) is 11.6 Å². The highest BCUT2D eigenvalue weighted by Gasteiger charge is 2.27. The molecule has 0 aliphatic carbocycles. The average molecular weight is 336 g/mol. The molecule has 2 aromatic carbocycles. The molecule has 0 unspecified atom stereocenters. The van der Waals surface area contributed by atoms with Crippen LogP contribution in [-0.2, 0) is 17.9 Å². The van der Waals surface area contributed by atoms with E-state index in [0.29, 0.717) is 5.75 Å². The fourth-order valence-corrected chi connectivity index (χ4v) is 3.26. The molecule has 3 aromatic rings. The molecule has 0 bridgehead atoms. The second-order valence-corrected chi connectivity index (χ2v) is 8.90. The molecule has 3 nitrogen and oxygen atoms in total. The molecule has 0 saturated heterocycles. The van der Waals surface area contributed by atoms with Crippen molar-refractivity contribution in [2.24, 2.45) is 7.05 Å². The zero-order chi connectivity index (χ0) is 18.6. The molecule has 0 spiro atoms. The minimum absolute atomic E-state index is 0.0254. The number of benzene rings is 2. The van der Waals surface area contributed by atoms with E-state index in [4.69, 9.17) is 4.98 Å². The van der Waals surface area contributed by atoms with Gasteiger partial charge in [-0.1, -0.05) is 59.7 Å². The lowest BCUT2D eigenvalue weighted by atomic mass is 9.78. The number of nitrogens with zero attached hydrogens (tertiary/aromatic N) is 2. The van der Waals surface area contributed by atoms with E-state index in [1.54, 1.807) is 0 Å². The summed E-state index contributed by atoms with van der Waals surface area (Å²) in [5.41, 5.74) is 4.97. The molecule has 1 aromatic heterocycles. The van der Waals surface area contributed by atoms with E-state index in [-0.39, 0.29) is 10.8 Å². The summed E-state index contributed by atoms with van der Waals surface area (Å²) >= 11 is 0. The number of aromatic hydroxyl groups is 1. The second-order valence-electron chi connectivity index (χ2n) is 8.90. The Morgan fingerprint density at radius 3 is 2.12 bits per heavy atom. The minimum Gasteiger partial charge on any atom is -0.507 e. The van der Waals surface area contributed by atoms with Gasteiger partial charge in [-0.15, -0.1) is 0 Å². The Morgan fingerprint density at radius 1 is 0.920 bits per heavy atom. The molecular formula is C22H28N2O. The van der Waals surface area contributed by atoms with E-state index in [2.05, 4.69) is 58.2 Å². The number of hydrogen-bond acceptors (Lipinski definition) is 2. The quantitative estimate of drug-likeness (QED) is 0.633. The molecule has 0 amide bonds. The molecule has 0 saturated carbocycles. The summed E-state index contributed by atoms with van der Waals surface area (Å²) in [7, 11) is 2.01. The van der Waals surface area contributed by atoms with Crippen molar-refractivity contribution in [3.63, 3.8) is 0 Å². The predicted molar refractivity (Wildman–Crippen MR) is 105 cm³/mol. The summed E-state index contributed by atoms with van der Waals surface area (Å²) in [4.78, 5) is 4.81. The number of hydrogen-bond donors (Lipinski definition) is 1. The highest BCUT2D eigenvalue weighted by Crippen LogP contribution is 2.42. The fraction of sp³-hybridized carbons (Fsp3) is 0.409. The lowest BCUT2D eigenvalue weighted by molar-refractivity contribution is 0.467. The van der Waals surface area contributed by atoms with E-state index < -0.39 is 0 Å². The lowest BCUT2D eigenvalue weighted by Crippen LogP contribution is -2.18. The lowest BCUT2D eigenvalue weighted by Gasteiger charge is -2.28. The smallest absolute Gasteiger partial charge is 0.144 e. The number of phenolic OH excluding ortho intramolecular Hbond substituents is 1. The van der Waals surface area contributed by atoms with Crippen LogP contribution in [0, 0.1) is 0 Å². The molecule has 0 fully saturated rings. The van der Waals surface area contributed by atoms with Gasteiger partial charge in [0.25, 0.3) is 0 Å². The van der Waals surface area contributed by atoms with Gasteiger partial charge in [0, 0.05) is 7.05 Å². The van der Waals surface area contributed by atoms with Crippen LogP contribution < -0.4 is 0 Å². The normalized spacial score (nSPS) is 12.8. The first-order chi connectivity index (χ1) is 11.5. The average Bonchev–Trinajstić information content (AvgIpc) is 2.82. The van der Waals surface area contributed by atoms with Crippen molar-refractivity contribution < 1.29 is 5.11 Å². The zero-order valence-electron chi connectivity index (χ0n) is 16.3. The summed E-state index contributed by atoms with van der Waals surface area (Å²) in [6, 6.07) is 12.2. The van der Waals surface area contributed by atoms with Crippen LogP contribution in [0.2, 0.25) is 0 Å². The van der Waals surface area contributed by atoms with E-state index in [9.17, 15) is 5.11 Å². The van der Waals surface area contributed by atoms with Crippen molar-refractivity contribution in [2.45, 2.75) is 52.4 Å². The maximum absolute atomic E-state index is 10.9. The van der Waals surface area contributed by atoms with Crippen molar-refractivity contribution in [3.8, 4) is 17.1 Å². The molecule has 25 heavy (non-hydrogen) atoms. The van der Waals surface area contributed by atoms with Crippen LogP contribution >= 0.6 is 0 Å². The number of rotatable bonds is 1. The number of phenols is 1. The highest BCUT2D eigenvalue weighted by atomic mass is 16.3. The first-order valence-corrected chi connectivity index (χ1v) is 8.80. The molecule has 3 rings (SSSR count). The van der Waals surface area contributed by atoms with Crippen molar-refractivity contribution in [1.29, 1.82) is 0 Å². The van der Waals surface area contributed by atoms with E-state index in [1.807, 2.05) is 31.3 Å². The van der Waals surface area contributed by atoms with Crippen LogP contribution in [0.25, 0.3) is 22.4 Å². The Morgan fingerprint density at radius 2 is 1.56 bits per heavy atom. The SMILES string of the molecule is Cn1c(-c2c(O)cc(C(C)(C)C)cc2C(C)(C)C)nc2ccccc21. The highest BCUT2D eigenvalue weighted by molar-refractivity contribution is 5.83.